The Morgan fingerprint density at radius 1 is 1.15 bits per heavy atom. The molecule has 98 valence electrons. The van der Waals surface area contributed by atoms with Crippen LogP contribution in [0.25, 0.3) is 0 Å². The van der Waals surface area contributed by atoms with E-state index < -0.39 is 0 Å². The van der Waals surface area contributed by atoms with Crippen molar-refractivity contribution in [1.29, 1.82) is 5.26 Å². The second kappa shape index (κ2) is 6.86. The molecule has 20 heavy (non-hydrogen) atoms. The zero-order chi connectivity index (χ0) is 14.2. The van der Waals surface area contributed by atoms with Crippen LogP contribution in [0.1, 0.15) is 16.7 Å². The lowest BCUT2D eigenvalue weighted by Gasteiger charge is -1.99. The monoisotopic (exact) mass is 263 g/mol. The van der Waals surface area contributed by atoms with Crippen LogP contribution in [0.5, 0.6) is 0 Å². The van der Waals surface area contributed by atoms with Crippen LogP contribution in [0.3, 0.4) is 0 Å². The van der Waals surface area contributed by atoms with Gasteiger partial charge in [-0.2, -0.15) is 10.4 Å². The van der Waals surface area contributed by atoms with Crippen LogP contribution in [0.2, 0.25) is 0 Å². The van der Waals surface area contributed by atoms with Crippen LogP contribution >= 0.6 is 0 Å². The van der Waals surface area contributed by atoms with E-state index in [1.54, 1.807) is 30.5 Å². The SMILES string of the molecule is N#Cc1ccc(/C=N\NC(=O)Cc2ccccc2)cc1. The summed E-state index contributed by atoms with van der Waals surface area (Å²) in [4.78, 5) is 11.6. The van der Waals surface area contributed by atoms with Gasteiger partial charge in [-0.05, 0) is 23.3 Å². The molecule has 0 aromatic heterocycles. The first kappa shape index (κ1) is 13.5. The summed E-state index contributed by atoms with van der Waals surface area (Å²) in [5.74, 6) is -0.166. The number of hydrogen-bond acceptors (Lipinski definition) is 3. The van der Waals surface area contributed by atoms with Gasteiger partial charge < -0.3 is 0 Å². The fourth-order valence-corrected chi connectivity index (χ4v) is 1.64. The van der Waals surface area contributed by atoms with Crippen molar-refractivity contribution in [3.05, 3.63) is 71.3 Å². The lowest BCUT2D eigenvalue weighted by atomic mass is 10.1. The highest BCUT2D eigenvalue weighted by Gasteiger charge is 2.00. The first-order chi connectivity index (χ1) is 9.78. The zero-order valence-corrected chi connectivity index (χ0v) is 10.8. The van der Waals surface area contributed by atoms with Crippen molar-refractivity contribution in [3.63, 3.8) is 0 Å². The second-order valence-electron chi connectivity index (χ2n) is 4.19. The van der Waals surface area contributed by atoms with Gasteiger partial charge in [-0.15, -0.1) is 0 Å². The molecule has 0 aliphatic heterocycles. The van der Waals surface area contributed by atoms with Crippen LogP contribution in [0, 0.1) is 11.3 Å². The topological polar surface area (TPSA) is 65.2 Å². The van der Waals surface area contributed by atoms with Gasteiger partial charge in [0.1, 0.15) is 0 Å². The number of nitrogens with one attached hydrogen (secondary N) is 1. The molecule has 2 aromatic carbocycles. The molecule has 4 heteroatoms. The fourth-order valence-electron chi connectivity index (χ4n) is 1.64. The molecule has 0 fully saturated rings. The van der Waals surface area contributed by atoms with Crippen molar-refractivity contribution in [2.75, 3.05) is 0 Å². The lowest BCUT2D eigenvalue weighted by Crippen LogP contribution is -2.19. The predicted octanol–water partition coefficient (Wildman–Crippen LogP) is 2.25. The fraction of sp³-hybridized carbons (Fsp3) is 0.0625. The van der Waals surface area contributed by atoms with Crippen LogP contribution in [0.4, 0.5) is 0 Å². The second-order valence-corrected chi connectivity index (χ2v) is 4.19. The molecule has 0 spiro atoms. The number of hydrazone groups is 1. The van der Waals surface area contributed by atoms with Gasteiger partial charge in [0.2, 0.25) is 5.91 Å². The van der Waals surface area contributed by atoms with Crippen LogP contribution in [-0.4, -0.2) is 12.1 Å². The zero-order valence-electron chi connectivity index (χ0n) is 10.8. The molecule has 0 saturated heterocycles. The first-order valence-electron chi connectivity index (χ1n) is 6.14. The summed E-state index contributed by atoms with van der Waals surface area (Å²) in [6.07, 6.45) is 1.84. The van der Waals surface area contributed by atoms with Gasteiger partial charge in [-0.1, -0.05) is 42.5 Å². The molecule has 0 heterocycles. The first-order valence-corrected chi connectivity index (χ1v) is 6.14. The number of carbonyl (C=O) groups excluding carboxylic acids is 1. The molecule has 0 unspecified atom stereocenters. The maximum absolute atomic E-state index is 11.6. The smallest absolute Gasteiger partial charge is 0.244 e. The highest BCUT2D eigenvalue weighted by molar-refractivity contribution is 5.83. The van der Waals surface area contributed by atoms with Gasteiger partial charge in [-0.25, -0.2) is 5.43 Å². The summed E-state index contributed by atoms with van der Waals surface area (Å²) in [6.45, 7) is 0. The van der Waals surface area contributed by atoms with E-state index in [0.717, 1.165) is 11.1 Å². The Morgan fingerprint density at radius 2 is 1.85 bits per heavy atom. The Hall–Kier alpha value is -2.93. The van der Waals surface area contributed by atoms with Gasteiger partial charge in [0, 0.05) is 0 Å². The van der Waals surface area contributed by atoms with Crippen molar-refractivity contribution in [3.8, 4) is 6.07 Å². The Bertz CT molecular complexity index is 640. The number of carbonyl (C=O) groups is 1. The maximum atomic E-state index is 11.6. The minimum atomic E-state index is -0.166. The summed E-state index contributed by atoms with van der Waals surface area (Å²) in [5.41, 5.74) is 4.83. The molecule has 0 aliphatic rings. The van der Waals surface area contributed by atoms with Crippen LogP contribution in [0.15, 0.2) is 59.7 Å². The third-order valence-corrected chi connectivity index (χ3v) is 2.65. The third kappa shape index (κ3) is 4.07. The molecule has 0 bridgehead atoms. The number of amides is 1. The molecular formula is C16H13N3O. The van der Waals surface area contributed by atoms with Crippen molar-refractivity contribution in [2.45, 2.75) is 6.42 Å². The van der Waals surface area contributed by atoms with Crippen LogP contribution in [-0.2, 0) is 11.2 Å². The third-order valence-electron chi connectivity index (χ3n) is 2.65. The van der Waals surface area contributed by atoms with Gasteiger partial charge in [0.25, 0.3) is 0 Å². The van der Waals surface area contributed by atoms with E-state index in [4.69, 9.17) is 5.26 Å². The van der Waals surface area contributed by atoms with Crippen molar-refractivity contribution >= 4 is 12.1 Å². The van der Waals surface area contributed by atoms with Crippen LogP contribution < -0.4 is 5.43 Å². The molecule has 1 N–H and O–H groups in total. The predicted molar refractivity (Wildman–Crippen MR) is 77.0 cm³/mol. The lowest BCUT2D eigenvalue weighted by molar-refractivity contribution is -0.120. The van der Waals surface area contributed by atoms with E-state index in [1.165, 1.54) is 0 Å². The number of rotatable bonds is 4. The van der Waals surface area contributed by atoms with E-state index in [-0.39, 0.29) is 5.91 Å². The number of nitrogens with zero attached hydrogens (tertiary/aromatic N) is 2. The Balaban J connectivity index is 1.86. The highest BCUT2D eigenvalue weighted by atomic mass is 16.2. The summed E-state index contributed by atoms with van der Waals surface area (Å²) >= 11 is 0. The largest absolute Gasteiger partial charge is 0.273 e. The quantitative estimate of drug-likeness (QED) is 0.679. The van der Waals surface area contributed by atoms with Gasteiger partial charge in [-0.3, -0.25) is 4.79 Å². The molecule has 1 amide bonds. The Labute approximate surface area is 117 Å². The molecule has 4 nitrogen and oxygen atoms in total. The normalized spacial score (nSPS) is 10.2. The number of nitriles is 1. The van der Waals surface area contributed by atoms with Gasteiger partial charge in [0.15, 0.2) is 0 Å². The number of benzene rings is 2. The molecule has 0 radical (unpaired) electrons. The summed E-state index contributed by atoms with van der Waals surface area (Å²) < 4.78 is 0. The maximum Gasteiger partial charge on any atom is 0.244 e. The molecule has 0 aliphatic carbocycles. The van der Waals surface area contributed by atoms with Gasteiger partial charge in [0.05, 0.1) is 24.3 Å². The van der Waals surface area contributed by atoms with E-state index in [9.17, 15) is 4.79 Å². The average molecular weight is 263 g/mol. The van der Waals surface area contributed by atoms with E-state index in [1.807, 2.05) is 36.4 Å². The standard InChI is InChI=1S/C16H13N3O/c17-11-14-6-8-15(9-7-14)12-18-19-16(20)10-13-4-2-1-3-5-13/h1-9,12H,10H2,(H,19,20)/b18-12-. The Kier molecular flexibility index (Phi) is 4.63. The molecule has 2 rings (SSSR count). The van der Waals surface area contributed by atoms with Crippen molar-refractivity contribution in [1.82, 2.24) is 5.43 Å². The Morgan fingerprint density at radius 3 is 2.50 bits per heavy atom. The minimum absolute atomic E-state index is 0.166. The van der Waals surface area contributed by atoms with Crippen molar-refractivity contribution in [2.24, 2.45) is 5.10 Å². The number of hydrogen-bond donors (Lipinski definition) is 1. The highest BCUT2D eigenvalue weighted by Crippen LogP contribution is 2.01. The molecular weight excluding hydrogens is 250 g/mol. The average Bonchev–Trinajstić information content (AvgIpc) is 2.49. The summed E-state index contributed by atoms with van der Waals surface area (Å²) in [5, 5.41) is 12.6. The molecule has 2 aromatic rings. The van der Waals surface area contributed by atoms with E-state index in [2.05, 4.69) is 10.5 Å². The summed E-state index contributed by atoms with van der Waals surface area (Å²) in [6, 6.07) is 18.5. The van der Waals surface area contributed by atoms with E-state index >= 15 is 0 Å². The minimum Gasteiger partial charge on any atom is -0.273 e. The summed E-state index contributed by atoms with van der Waals surface area (Å²) in [7, 11) is 0. The van der Waals surface area contributed by atoms with Crippen molar-refractivity contribution < 1.29 is 4.79 Å². The van der Waals surface area contributed by atoms with E-state index in [0.29, 0.717) is 12.0 Å². The molecule has 0 atom stereocenters. The van der Waals surface area contributed by atoms with Gasteiger partial charge >= 0.3 is 0 Å². The molecule has 0 saturated carbocycles.